The van der Waals surface area contributed by atoms with Crippen LogP contribution in [0.2, 0.25) is 0 Å². The van der Waals surface area contributed by atoms with E-state index in [-0.39, 0.29) is 0 Å². The second-order valence-electron chi connectivity index (χ2n) is 22.3. The maximum absolute atomic E-state index is 7.07. The third-order valence-corrected chi connectivity index (χ3v) is 19.8. The standard InChI is InChI=1S/C42H52B26O/c43-15-7(20(48)23(51)10-9(15)27(55)36(64)37(65)28(10)56)1-3-5(18(46)34(62)32(60)16(3)44)2(6-4(1)17(45)33(61)35(63)19(6)47)8-21(49)24(52)11(25(53)22(8)50)12-26(54)29(57)13-14-30(58)38(66)39(67)40(68)42(14)69-41(13)31(12)59/h43-68H2. The van der Waals surface area contributed by atoms with E-state index < -0.39 is 0 Å². The summed E-state index contributed by atoms with van der Waals surface area (Å²) >= 11 is 0. The molecule has 0 N–H and O–H groups in total. The van der Waals surface area contributed by atoms with Gasteiger partial charge in [0.05, 0.1) is 0 Å². The fourth-order valence-electron chi connectivity index (χ4n) is 13.8. The van der Waals surface area contributed by atoms with Gasteiger partial charge in [-0.25, -0.2) is 0 Å². The molecular weight excluding hydrogens is 802 g/mol. The van der Waals surface area contributed by atoms with E-state index >= 15 is 0 Å². The smallest absolute Gasteiger partial charge is 0.145 e. The molecule has 69 heavy (non-hydrogen) atoms. The summed E-state index contributed by atoms with van der Waals surface area (Å²) in [5, 5.41) is 11.1. The summed E-state index contributed by atoms with van der Waals surface area (Å²) in [6, 6.07) is 0. The van der Waals surface area contributed by atoms with Gasteiger partial charge >= 0.3 is 0 Å². The molecule has 0 amide bonds. The molecule has 0 bridgehead atoms. The van der Waals surface area contributed by atoms with E-state index in [1.165, 1.54) is 219 Å². The van der Waals surface area contributed by atoms with Crippen molar-refractivity contribution in [3.05, 3.63) is 0 Å². The predicted octanol–water partition coefficient (Wildman–Crippen LogP) is -33.2. The van der Waals surface area contributed by atoms with Crippen LogP contribution < -0.4 is 142 Å². The number of benzene rings is 8. The molecular formula is C42H52B26O. The highest BCUT2D eigenvalue weighted by Crippen LogP contribution is 2.39. The fourth-order valence-corrected chi connectivity index (χ4v) is 13.8. The molecule has 8 aromatic carbocycles. The van der Waals surface area contributed by atoms with E-state index in [2.05, 4.69) is 204 Å². The number of furan rings is 1. The molecule has 9 rings (SSSR count). The molecule has 0 aliphatic rings. The van der Waals surface area contributed by atoms with Crippen LogP contribution in [0.5, 0.6) is 0 Å². The Bertz CT molecular complexity index is 3860. The monoisotopic (exact) mass is 859 g/mol. The summed E-state index contributed by atoms with van der Waals surface area (Å²) in [7, 11) is 61.4. The Morgan fingerprint density at radius 1 is 0.130 bits per heavy atom. The minimum absolute atomic E-state index is 1.03. The molecule has 1 aromatic heterocycles. The Kier molecular flexibility index (Phi) is 12.2. The molecule has 27 heteroatoms. The van der Waals surface area contributed by atoms with Crippen molar-refractivity contribution in [2.45, 2.75) is 0 Å². The molecule has 9 aromatic rings. The molecule has 304 valence electrons. The van der Waals surface area contributed by atoms with Crippen LogP contribution in [-0.2, 0) is 0 Å². The van der Waals surface area contributed by atoms with Gasteiger partial charge in [-0.2, -0.15) is 0 Å². The highest BCUT2D eigenvalue weighted by molar-refractivity contribution is 6.77. The zero-order chi connectivity index (χ0) is 51.0. The first-order valence-corrected chi connectivity index (χ1v) is 25.7. The lowest BCUT2D eigenvalue weighted by atomic mass is 9.55. The van der Waals surface area contributed by atoms with Gasteiger partial charge in [-0.15, -0.1) is 38.2 Å². The van der Waals surface area contributed by atoms with E-state index in [9.17, 15) is 0 Å². The van der Waals surface area contributed by atoms with E-state index in [1.807, 2.05) is 0 Å². The zero-order valence-electron chi connectivity index (χ0n) is 47.4. The third-order valence-electron chi connectivity index (χ3n) is 19.8. The topological polar surface area (TPSA) is 13.1 Å². The van der Waals surface area contributed by atoms with Crippen LogP contribution in [0.3, 0.4) is 0 Å². The lowest BCUT2D eigenvalue weighted by Crippen LogP contribution is -2.53. The van der Waals surface area contributed by atoms with Crippen LogP contribution in [0.1, 0.15) is 0 Å². The summed E-state index contributed by atoms with van der Waals surface area (Å²) < 4.78 is 7.07. The molecule has 0 unspecified atom stereocenters. The first-order chi connectivity index (χ1) is 32.2. The van der Waals surface area contributed by atoms with Crippen molar-refractivity contribution < 1.29 is 4.42 Å². The first-order valence-electron chi connectivity index (χ1n) is 25.7. The summed E-state index contributed by atoms with van der Waals surface area (Å²) in [5.41, 5.74) is 46.0. The van der Waals surface area contributed by atoms with Gasteiger partial charge in [0.25, 0.3) is 0 Å². The first kappa shape index (κ1) is 50.0. The minimum Gasteiger partial charge on any atom is -0.457 e. The number of hydrogen-bond acceptors (Lipinski definition) is 1. The Hall–Kier alpha value is -3.97. The van der Waals surface area contributed by atoms with E-state index in [1.54, 1.807) is 0 Å². The summed E-state index contributed by atoms with van der Waals surface area (Å²) in [4.78, 5) is 0. The maximum atomic E-state index is 7.07. The van der Waals surface area contributed by atoms with Crippen molar-refractivity contribution in [2.24, 2.45) is 0 Å². The Morgan fingerprint density at radius 2 is 0.319 bits per heavy atom. The molecule has 0 saturated heterocycles. The highest BCUT2D eigenvalue weighted by atomic mass is 16.3. The van der Waals surface area contributed by atoms with Crippen molar-refractivity contribution in [3.8, 4) is 33.4 Å². The van der Waals surface area contributed by atoms with Crippen LogP contribution in [0.15, 0.2) is 4.42 Å². The zero-order valence-corrected chi connectivity index (χ0v) is 47.4. The molecule has 0 aliphatic carbocycles. The number of rotatable bonds is 3. The van der Waals surface area contributed by atoms with Crippen LogP contribution in [0, 0.1) is 0 Å². The van der Waals surface area contributed by atoms with Crippen molar-refractivity contribution in [1.29, 1.82) is 0 Å². The second-order valence-corrected chi connectivity index (χ2v) is 22.3. The minimum atomic E-state index is 1.03. The lowest BCUT2D eigenvalue weighted by molar-refractivity contribution is 0.675. The molecule has 1 heterocycles. The lowest BCUT2D eigenvalue weighted by Gasteiger charge is -2.32. The van der Waals surface area contributed by atoms with Crippen molar-refractivity contribution in [2.75, 3.05) is 0 Å². The summed E-state index contributed by atoms with van der Waals surface area (Å²) in [6.45, 7) is 0. The van der Waals surface area contributed by atoms with Gasteiger partial charge in [-0.1, -0.05) is 98.3 Å². The van der Waals surface area contributed by atoms with Crippen molar-refractivity contribution >= 4 is 400 Å². The number of fused-ring (bicyclic) bond motifs is 6. The van der Waals surface area contributed by atoms with Gasteiger partial charge < -0.3 is 4.42 Å². The molecule has 0 radical (unpaired) electrons. The average Bonchev–Trinajstić information content (AvgIpc) is 3.73. The van der Waals surface area contributed by atoms with E-state index in [4.69, 9.17) is 4.42 Å². The molecule has 0 atom stereocenters. The Labute approximate surface area is 435 Å². The van der Waals surface area contributed by atoms with Crippen LogP contribution in [0.4, 0.5) is 0 Å². The molecule has 0 saturated carbocycles. The number of hydrogen-bond donors (Lipinski definition) is 0. The van der Waals surface area contributed by atoms with Gasteiger partial charge in [-0.05, 0) is 71.2 Å². The largest absolute Gasteiger partial charge is 0.457 e. The second kappa shape index (κ2) is 16.8. The molecule has 0 spiro atoms. The van der Waals surface area contributed by atoms with Gasteiger partial charge in [-0.3, -0.25) is 0 Å². The van der Waals surface area contributed by atoms with Gasteiger partial charge in [0.15, 0.2) is 0 Å². The third kappa shape index (κ3) is 6.41. The SMILES string of the molecule is Bc1c(B)c(-c2c3c(B)c(B)c(B)c(B)c3c(-c3c(B)c(B)c4c(B)c(B)c(B)c(B)c4c3B)c3c(B)c(B)c(B)c(B)c23)c(B)c(B)c1-c1c(B)c(B)c2c(oc3c(B)c(B)c(B)c(B)c32)c1B. The maximum Gasteiger partial charge on any atom is 0.145 e. The molecule has 1 nitrogen and oxygen atoms in total. The van der Waals surface area contributed by atoms with Gasteiger partial charge in [0.1, 0.15) is 215 Å². The van der Waals surface area contributed by atoms with Crippen LogP contribution >= 0.6 is 0 Å². The van der Waals surface area contributed by atoms with E-state index in [0.717, 1.165) is 11.2 Å². The molecule has 0 fully saturated rings. The quantitative estimate of drug-likeness (QED) is 0.127. The van der Waals surface area contributed by atoms with Crippen molar-refractivity contribution in [3.63, 3.8) is 0 Å². The van der Waals surface area contributed by atoms with E-state index in [0.29, 0.717) is 0 Å². The molecule has 0 aliphatic heterocycles. The Morgan fingerprint density at radius 3 is 0.667 bits per heavy atom. The van der Waals surface area contributed by atoms with Crippen LogP contribution in [0.25, 0.3) is 87.6 Å². The Balaban J connectivity index is 1.51. The average molecular weight is 854 g/mol. The van der Waals surface area contributed by atoms with Crippen molar-refractivity contribution in [1.82, 2.24) is 0 Å². The predicted molar refractivity (Wildman–Crippen MR) is 395 cm³/mol. The van der Waals surface area contributed by atoms with Crippen LogP contribution in [-0.4, -0.2) is 204 Å². The van der Waals surface area contributed by atoms with Gasteiger partial charge in [0.2, 0.25) is 0 Å². The normalized spacial score (nSPS) is 11.8. The summed E-state index contributed by atoms with van der Waals surface area (Å²) in [6.07, 6.45) is 0. The summed E-state index contributed by atoms with van der Waals surface area (Å²) in [5.74, 6) is 0. The van der Waals surface area contributed by atoms with Gasteiger partial charge in [0, 0.05) is 10.8 Å². The highest BCUT2D eigenvalue weighted by Gasteiger charge is 2.31. The fraction of sp³-hybridized carbons (Fsp3) is 0.